The molecule has 0 radical (unpaired) electrons. The molecule has 0 saturated carbocycles. The molecular formula is C17H16Br2N2OS. The number of hydrogen-bond donors (Lipinski definition) is 0. The zero-order valence-electron chi connectivity index (χ0n) is 13.0. The van der Waals surface area contributed by atoms with Crippen LogP contribution in [-0.4, -0.2) is 15.0 Å². The minimum absolute atomic E-state index is 0.692. The minimum Gasteiger partial charge on any atom is -0.327 e. The molecule has 0 aliphatic carbocycles. The van der Waals surface area contributed by atoms with Crippen molar-refractivity contribution in [1.29, 1.82) is 0 Å². The van der Waals surface area contributed by atoms with Crippen molar-refractivity contribution in [2.75, 3.05) is 6.26 Å². The lowest BCUT2D eigenvalue weighted by Gasteiger charge is -2.06. The smallest absolute Gasteiger partial charge is 0.157 e. The van der Waals surface area contributed by atoms with E-state index in [4.69, 9.17) is 0 Å². The van der Waals surface area contributed by atoms with Crippen LogP contribution in [-0.2, 0) is 16.8 Å². The summed E-state index contributed by atoms with van der Waals surface area (Å²) in [7, 11) is -0.574. The fourth-order valence-corrected chi connectivity index (χ4v) is 5.50. The molecule has 0 N–H and O–H groups in total. The molecule has 0 spiro atoms. The van der Waals surface area contributed by atoms with Gasteiger partial charge in [0.15, 0.2) is 5.82 Å². The molecule has 0 aliphatic heterocycles. The van der Waals surface area contributed by atoms with Gasteiger partial charge in [0.1, 0.15) is 0 Å². The van der Waals surface area contributed by atoms with Gasteiger partial charge < -0.3 is 4.57 Å². The van der Waals surface area contributed by atoms with Crippen LogP contribution in [0.25, 0.3) is 10.9 Å². The summed E-state index contributed by atoms with van der Waals surface area (Å²) in [5, 5.41) is 1.10. The van der Waals surface area contributed by atoms with E-state index in [1.165, 1.54) is 0 Å². The maximum absolute atomic E-state index is 13.1. The molecule has 1 unspecified atom stereocenters. The molecule has 1 aromatic heterocycles. The highest BCUT2D eigenvalue weighted by atomic mass is 79.9. The molecule has 120 valence electrons. The maximum atomic E-state index is 13.1. The van der Waals surface area contributed by atoms with Crippen LogP contribution in [0.15, 0.2) is 60.7 Å². The van der Waals surface area contributed by atoms with E-state index in [0.717, 1.165) is 30.3 Å². The van der Waals surface area contributed by atoms with E-state index < -0.39 is 9.73 Å². The van der Waals surface area contributed by atoms with Gasteiger partial charge in [-0.15, -0.1) is 0 Å². The first-order valence-electron chi connectivity index (χ1n) is 7.02. The Labute approximate surface area is 153 Å². The van der Waals surface area contributed by atoms with Crippen molar-refractivity contribution in [3.63, 3.8) is 0 Å². The number of hydrogen-bond acceptors (Lipinski definition) is 2. The largest absolute Gasteiger partial charge is 0.327 e. The van der Waals surface area contributed by atoms with Gasteiger partial charge in [0.05, 0.1) is 19.7 Å². The van der Waals surface area contributed by atoms with E-state index in [1.807, 2.05) is 48.0 Å². The second-order valence-electron chi connectivity index (χ2n) is 5.52. The predicted molar refractivity (Wildman–Crippen MR) is 104 cm³/mol. The Morgan fingerprint density at radius 2 is 1.78 bits per heavy atom. The number of aromatic nitrogens is 1. The van der Waals surface area contributed by atoms with Gasteiger partial charge in [-0.2, -0.15) is 4.36 Å². The molecule has 0 amide bonds. The van der Waals surface area contributed by atoms with Crippen LogP contribution in [0.3, 0.4) is 0 Å². The average Bonchev–Trinajstić information content (AvgIpc) is 2.73. The van der Waals surface area contributed by atoms with Crippen LogP contribution in [0.5, 0.6) is 0 Å². The molecule has 2 aromatic carbocycles. The zero-order valence-corrected chi connectivity index (χ0v) is 17.0. The summed E-state index contributed by atoms with van der Waals surface area (Å²) in [5.74, 6) is 0.692. The highest BCUT2D eigenvalue weighted by Gasteiger charge is 2.17. The summed E-state index contributed by atoms with van der Waals surface area (Å²) in [6, 6.07) is 13.5. The first kappa shape index (κ1) is 16.7. The Morgan fingerprint density at radius 1 is 1.13 bits per heavy atom. The van der Waals surface area contributed by atoms with Crippen LogP contribution in [0.2, 0.25) is 0 Å². The Balaban J connectivity index is 2.32. The quantitative estimate of drug-likeness (QED) is 0.480. The van der Waals surface area contributed by atoms with E-state index >= 15 is 0 Å². The Hall–Kier alpha value is -1.11. The highest BCUT2D eigenvalue weighted by Crippen LogP contribution is 2.40. The van der Waals surface area contributed by atoms with Crippen LogP contribution < -0.4 is 0 Å². The first-order valence-corrected chi connectivity index (χ1v) is 10.5. The fraction of sp³-hybridized carbons (Fsp3) is 0.176. The average molecular weight is 456 g/mol. The van der Waals surface area contributed by atoms with Crippen LogP contribution in [0, 0.1) is 6.92 Å². The Morgan fingerprint density at radius 3 is 2.43 bits per heavy atom. The van der Waals surface area contributed by atoms with E-state index in [1.54, 1.807) is 6.26 Å². The molecule has 0 bridgehead atoms. The number of benzene rings is 2. The van der Waals surface area contributed by atoms with Gasteiger partial charge in [-0.1, -0.05) is 34.1 Å². The van der Waals surface area contributed by atoms with Gasteiger partial charge in [-0.25, -0.2) is 4.21 Å². The van der Waals surface area contributed by atoms with Crippen molar-refractivity contribution < 1.29 is 4.21 Å². The van der Waals surface area contributed by atoms with Gasteiger partial charge in [0.25, 0.3) is 0 Å². The number of nitrogens with zero attached hydrogens (tertiary/aromatic N) is 2. The van der Waals surface area contributed by atoms with E-state index in [2.05, 4.69) is 49.2 Å². The lowest BCUT2D eigenvalue weighted by atomic mass is 10.1. The number of fused-ring (bicyclic) bond motifs is 1. The van der Waals surface area contributed by atoms with Crippen LogP contribution in [0.4, 0.5) is 5.82 Å². The van der Waals surface area contributed by atoms with Gasteiger partial charge in [0, 0.05) is 28.1 Å². The maximum Gasteiger partial charge on any atom is 0.157 e. The minimum atomic E-state index is -2.52. The summed E-state index contributed by atoms with van der Waals surface area (Å²) in [6.45, 7) is 2.06. The van der Waals surface area contributed by atoms with Crippen molar-refractivity contribution in [3.05, 3.63) is 57.0 Å². The Bertz CT molecular complexity index is 1020. The molecule has 1 heterocycles. The fourth-order valence-electron chi connectivity index (χ4n) is 2.64. The van der Waals surface area contributed by atoms with Crippen molar-refractivity contribution in [3.8, 4) is 0 Å². The predicted octanol–water partition coefficient (Wildman–Crippen LogP) is 5.80. The molecule has 3 aromatic rings. The second kappa shape index (κ2) is 6.07. The molecular weight excluding hydrogens is 440 g/mol. The van der Waals surface area contributed by atoms with Crippen molar-refractivity contribution in [1.82, 2.24) is 4.57 Å². The van der Waals surface area contributed by atoms with Crippen LogP contribution >= 0.6 is 31.9 Å². The highest BCUT2D eigenvalue weighted by molar-refractivity contribution is 9.11. The second-order valence-corrected chi connectivity index (χ2v) is 9.49. The summed E-state index contributed by atoms with van der Waals surface area (Å²) in [5.41, 5.74) is 2.19. The van der Waals surface area contributed by atoms with Gasteiger partial charge in [-0.3, -0.25) is 0 Å². The molecule has 6 heteroatoms. The van der Waals surface area contributed by atoms with Crippen LogP contribution in [0.1, 0.15) is 5.56 Å². The van der Waals surface area contributed by atoms with Gasteiger partial charge in [-0.05, 0) is 52.7 Å². The lowest BCUT2D eigenvalue weighted by molar-refractivity contribution is 0.680. The summed E-state index contributed by atoms with van der Waals surface area (Å²) < 4.78 is 21.5. The van der Waals surface area contributed by atoms with Crippen molar-refractivity contribution in [2.24, 2.45) is 11.4 Å². The number of halogens is 2. The third kappa shape index (κ3) is 2.99. The normalized spacial score (nSPS) is 14.0. The van der Waals surface area contributed by atoms with Crippen molar-refractivity contribution >= 4 is 58.3 Å². The Kier molecular flexibility index (Phi) is 4.42. The summed E-state index contributed by atoms with van der Waals surface area (Å²) in [4.78, 5) is 0.732. The topological polar surface area (TPSA) is 34.4 Å². The summed E-state index contributed by atoms with van der Waals surface area (Å²) >= 11 is 7.18. The molecule has 3 rings (SSSR count). The summed E-state index contributed by atoms with van der Waals surface area (Å²) in [6.07, 6.45) is 1.68. The first-order chi connectivity index (χ1) is 10.8. The molecule has 0 saturated heterocycles. The SMILES string of the molecule is Cc1cc(Br)cc2c1c(Br)c(N=S(C)(=O)c1ccccc1)n2C. The zero-order chi connectivity index (χ0) is 16.8. The van der Waals surface area contributed by atoms with Gasteiger partial charge >= 0.3 is 0 Å². The lowest BCUT2D eigenvalue weighted by Crippen LogP contribution is -1.98. The van der Waals surface area contributed by atoms with Gasteiger partial charge in [0.2, 0.25) is 0 Å². The van der Waals surface area contributed by atoms with E-state index in [-0.39, 0.29) is 0 Å². The molecule has 3 nitrogen and oxygen atoms in total. The van der Waals surface area contributed by atoms with E-state index in [0.29, 0.717) is 5.82 Å². The van der Waals surface area contributed by atoms with E-state index in [9.17, 15) is 4.21 Å². The van der Waals surface area contributed by atoms with Crippen molar-refractivity contribution in [2.45, 2.75) is 11.8 Å². The molecule has 1 atom stereocenters. The third-order valence-electron chi connectivity index (χ3n) is 3.82. The number of rotatable bonds is 2. The molecule has 0 fully saturated rings. The standard InChI is InChI=1S/C17H16Br2N2OS/c1-11-9-12(18)10-14-15(11)16(19)17(21(14)2)20-23(3,22)13-7-5-4-6-8-13/h4-10H,1-3H3. The molecule has 23 heavy (non-hydrogen) atoms. The number of aryl methyl sites for hydroxylation is 2. The third-order valence-corrected chi connectivity index (χ3v) is 6.69. The molecule has 0 aliphatic rings. The monoisotopic (exact) mass is 454 g/mol.